The Hall–Kier alpha value is -0.870. The Morgan fingerprint density at radius 1 is 1.39 bits per heavy atom. The van der Waals surface area contributed by atoms with Gasteiger partial charge in [0, 0.05) is 4.47 Å². The van der Waals surface area contributed by atoms with E-state index >= 15 is 0 Å². The number of rotatable bonds is 5. The summed E-state index contributed by atoms with van der Waals surface area (Å²) in [5.41, 5.74) is 0.802. The molecule has 0 N–H and O–H groups in total. The van der Waals surface area contributed by atoms with E-state index in [-0.39, 0.29) is 11.6 Å². The summed E-state index contributed by atoms with van der Waals surface area (Å²) in [5.74, 6) is -0.193. The maximum atomic E-state index is 11.4. The van der Waals surface area contributed by atoms with E-state index in [1.165, 1.54) is 7.11 Å². The minimum Gasteiger partial charge on any atom is -0.469 e. The van der Waals surface area contributed by atoms with E-state index in [0.717, 1.165) is 29.3 Å². The molecule has 0 aromatic heterocycles. The Bertz CT molecular complexity index is 427. The van der Waals surface area contributed by atoms with E-state index in [9.17, 15) is 4.79 Å². The molecule has 0 saturated heterocycles. The molecule has 2 rings (SSSR count). The van der Waals surface area contributed by atoms with Crippen LogP contribution in [0.2, 0.25) is 0 Å². The molecule has 0 unspecified atom stereocenters. The summed E-state index contributed by atoms with van der Waals surface area (Å²) in [6.45, 7) is 0.526. The number of esters is 1. The van der Waals surface area contributed by atoms with Gasteiger partial charge in [0.2, 0.25) is 0 Å². The van der Waals surface area contributed by atoms with Crippen LogP contribution < -0.4 is 0 Å². The van der Waals surface area contributed by atoms with Gasteiger partial charge in [-0.2, -0.15) is 0 Å². The first-order valence-electron chi connectivity index (χ1n) is 6.09. The smallest absolute Gasteiger partial charge is 0.308 e. The fourth-order valence-electron chi connectivity index (χ4n) is 2.12. The Morgan fingerprint density at radius 3 is 2.67 bits per heavy atom. The van der Waals surface area contributed by atoms with Crippen molar-refractivity contribution in [3.05, 3.63) is 34.3 Å². The lowest BCUT2D eigenvalue weighted by Gasteiger charge is -2.40. The minimum atomic E-state index is -0.303. The second-order valence-electron chi connectivity index (χ2n) is 4.67. The van der Waals surface area contributed by atoms with Crippen LogP contribution in [0.1, 0.15) is 31.2 Å². The first-order valence-corrected chi connectivity index (χ1v) is 6.89. The molecule has 0 spiro atoms. The van der Waals surface area contributed by atoms with E-state index in [1.54, 1.807) is 0 Å². The van der Waals surface area contributed by atoms with Gasteiger partial charge in [0.1, 0.15) is 0 Å². The molecule has 1 aromatic rings. The molecule has 0 bridgehead atoms. The molecule has 1 aliphatic carbocycles. The van der Waals surface area contributed by atoms with Crippen LogP contribution in [0, 0.1) is 0 Å². The molecule has 0 amide bonds. The summed E-state index contributed by atoms with van der Waals surface area (Å²) in [6, 6.07) is 7.97. The molecule has 0 heterocycles. The minimum absolute atomic E-state index is 0.193. The molecule has 1 saturated carbocycles. The predicted octanol–water partition coefficient (Wildman–Crippen LogP) is 3.45. The fraction of sp³-hybridized carbons (Fsp3) is 0.500. The van der Waals surface area contributed by atoms with Crippen LogP contribution in [-0.2, 0) is 20.9 Å². The average molecular weight is 313 g/mol. The summed E-state index contributed by atoms with van der Waals surface area (Å²) in [7, 11) is 1.42. The first kappa shape index (κ1) is 13.6. The highest BCUT2D eigenvalue weighted by molar-refractivity contribution is 9.10. The summed E-state index contributed by atoms with van der Waals surface area (Å²) in [4.78, 5) is 11.4. The van der Waals surface area contributed by atoms with Crippen molar-refractivity contribution in [2.24, 2.45) is 0 Å². The van der Waals surface area contributed by atoms with Crippen LogP contribution >= 0.6 is 15.9 Å². The van der Waals surface area contributed by atoms with Crippen LogP contribution in [0.3, 0.4) is 0 Å². The summed E-state index contributed by atoms with van der Waals surface area (Å²) >= 11 is 3.50. The van der Waals surface area contributed by atoms with Gasteiger partial charge in [-0.05, 0) is 30.9 Å². The molecular formula is C14H17BrO3. The quantitative estimate of drug-likeness (QED) is 0.781. The maximum absolute atomic E-state index is 11.4. The molecule has 1 aromatic carbocycles. The Balaban J connectivity index is 1.95. The number of benzene rings is 1. The molecular weight excluding hydrogens is 296 g/mol. The van der Waals surface area contributed by atoms with E-state index in [4.69, 9.17) is 9.47 Å². The van der Waals surface area contributed by atoms with E-state index in [2.05, 4.69) is 15.9 Å². The van der Waals surface area contributed by atoms with Crippen LogP contribution in [0.25, 0.3) is 0 Å². The molecule has 98 valence electrons. The standard InChI is InChI=1S/C14H17BrO3/c1-17-13(16)9-14(7-4-8-14)18-10-11-5-2-3-6-12(11)15/h2-3,5-6H,4,7-10H2,1H3. The summed E-state index contributed by atoms with van der Waals surface area (Å²) in [6.07, 6.45) is 3.35. The second kappa shape index (κ2) is 5.85. The van der Waals surface area contributed by atoms with Crippen molar-refractivity contribution >= 4 is 21.9 Å². The lowest BCUT2D eigenvalue weighted by Crippen LogP contribution is -2.42. The highest BCUT2D eigenvalue weighted by Crippen LogP contribution is 2.39. The summed E-state index contributed by atoms with van der Waals surface area (Å²) in [5, 5.41) is 0. The van der Waals surface area contributed by atoms with Gasteiger partial charge in [0.25, 0.3) is 0 Å². The number of methoxy groups -OCH3 is 1. The van der Waals surface area contributed by atoms with Gasteiger partial charge < -0.3 is 9.47 Å². The third-order valence-electron chi connectivity index (χ3n) is 3.45. The van der Waals surface area contributed by atoms with Gasteiger partial charge in [-0.15, -0.1) is 0 Å². The van der Waals surface area contributed by atoms with Gasteiger partial charge in [-0.1, -0.05) is 34.1 Å². The molecule has 0 radical (unpaired) electrons. The number of hydrogen-bond donors (Lipinski definition) is 0. The predicted molar refractivity (Wildman–Crippen MR) is 72.1 cm³/mol. The van der Waals surface area contributed by atoms with E-state index in [1.807, 2.05) is 24.3 Å². The Kier molecular flexibility index (Phi) is 4.40. The number of carbonyl (C=O) groups is 1. The third kappa shape index (κ3) is 3.12. The average Bonchev–Trinajstić information content (AvgIpc) is 2.34. The van der Waals surface area contributed by atoms with Crippen LogP contribution in [0.15, 0.2) is 28.7 Å². The number of ether oxygens (including phenoxy) is 2. The van der Waals surface area contributed by atoms with Crippen LogP contribution in [-0.4, -0.2) is 18.7 Å². The first-order chi connectivity index (χ1) is 8.65. The van der Waals surface area contributed by atoms with Crippen molar-refractivity contribution in [1.82, 2.24) is 0 Å². The van der Waals surface area contributed by atoms with Crippen molar-refractivity contribution in [2.45, 2.75) is 37.9 Å². The molecule has 0 atom stereocenters. The van der Waals surface area contributed by atoms with Gasteiger partial charge in [-0.3, -0.25) is 4.79 Å². The second-order valence-corrected chi connectivity index (χ2v) is 5.52. The van der Waals surface area contributed by atoms with Crippen LogP contribution in [0.4, 0.5) is 0 Å². The Labute approximate surface area is 116 Å². The van der Waals surface area contributed by atoms with Crippen molar-refractivity contribution in [1.29, 1.82) is 0 Å². The maximum Gasteiger partial charge on any atom is 0.308 e. The van der Waals surface area contributed by atoms with Crippen LogP contribution in [0.5, 0.6) is 0 Å². The topological polar surface area (TPSA) is 35.5 Å². The van der Waals surface area contributed by atoms with Gasteiger partial charge in [-0.25, -0.2) is 0 Å². The lowest BCUT2D eigenvalue weighted by atomic mass is 9.77. The highest BCUT2D eigenvalue weighted by Gasteiger charge is 2.40. The molecule has 18 heavy (non-hydrogen) atoms. The fourth-order valence-corrected chi connectivity index (χ4v) is 2.52. The zero-order valence-corrected chi connectivity index (χ0v) is 12.0. The van der Waals surface area contributed by atoms with Crippen molar-refractivity contribution in [3.63, 3.8) is 0 Å². The largest absolute Gasteiger partial charge is 0.469 e. The number of halogens is 1. The third-order valence-corrected chi connectivity index (χ3v) is 4.22. The molecule has 1 aliphatic rings. The number of hydrogen-bond acceptors (Lipinski definition) is 3. The molecule has 3 nitrogen and oxygen atoms in total. The molecule has 0 aliphatic heterocycles. The zero-order chi connectivity index (χ0) is 13.0. The SMILES string of the molecule is COC(=O)CC1(OCc2ccccc2Br)CCC1. The molecule has 4 heteroatoms. The monoisotopic (exact) mass is 312 g/mol. The van der Waals surface area contributed by atoms with Gasteiger partial charge in [0.05, 0.1) is 25.7 Å². The highest BCUT2D eigenvalue weighted by atomic mass is 79.9. The van der Waals surface area contributed by atoms with Gasteiger partial charge >= 0.3 is 5.97 Å². The van der Waals surface area contributed by atoms with Crippen molar-refractivity contribution < 1.29 is 14.3 Å². The van der Waals surface area contributed by atoms with E-state index < -0.39 is 0 Å². The van der Waals surface area contributed by atoms with Crippen molar-refractivity contribution in [3.8, 4) is 0 Å². The van der Waals surface area contributed by atoms with Crippen molar-refractivity contribution in [2.75, 3.05) is 7.11 Å². The zero-order valence-electron chi connectivity index (χ0n) is 10.4. The Morgan fingerprint density at radius 2 is 2.11 bits per heavy atom. The normalized spacial score (nSPS) is 17.0. The van der Waals surface area contributed by atoms with E-state index in [0.29, 0.717) is 13.0 Å². The van der Waals surface area contributed by atoms with Gasteiger partial charge in [0.15, 0.2) is 0 Å². The summed E-state index contributed by atoms with van der Waals surface area (Å²) < 4.78 is 11.7. The number of carbonyl (C=O) groups excluding carboxylic acids is 1. The molecule has 1 fully saturated rings. The lowest BCUT2D eigenvalue weighted by molar-refractivity contribution is -0.159.